The van der Waals surface area contributed by atoms with Crippen LogP contribution in [0, 0.1) is 10.7 Å². The van der Waals surface area contributed by atoms with Crippen molar-refractivity contribution in [3.05, 3.63) is 69.9 Å². The molecule has 2 aromatic carbocycles. The highest BCUT2D eigenvalue weighted by Crippen LogP contribution is 2.52. The van der Waals surface area contributed by atoms with Crippen molar-refractivity contribution >= 4 is 36.6 Å². The molecule has 0 radical (unpaired) electrons. The zero-order chi connectivity index (χ0) is 30.1. The average molecular weight is 619 g/mol. The van der Waals surface area contributed by atoms with Gasteiger partial charge in [-0.25, -0.2) is 4.57 Å². The highest BCUT2D eigenvalue weighted by Gasteiger charge is 2.54. The van der Waals surface area contributed by atoms with Crippen LogP contribution in [0.2, 0.25) is 0 Å². The minimum Gasteiger partial charge on any atom is -0.462 e. The quantitative estimate of drug-likeness (QED) is 0.169. The van der Waals surface area contributed by atoms with Gasteiger partial charge in [-0.2, -0.15) is 0 Å². The maximum atomic E-state index is 14.3. The Morgan fingerprint density at radius 1 is 1.21 bits per heavy atom. The third-order valence-electron chi connectivity index (χ3n) is 7.77. The maximum absolute atomic E-state index is 14.3. The molecule has 1 saturated heterocycles. The van der Waals surface area contributed by atoms with E-state index in [1.54, 1.807) is 19.1 Å². The number of hydrogen-bond acceptors (Lipinski definition) is 10. The van der Waals surface area contributed by atoms with Crippen molar-refractivity contribution in [2.45, 2.75) is 69.7 Å². The smallest absolute Gasteiger partial charge is 0.380 e. The molecule has 42 heavy (non-hydrogen) atoms. The molecule has 3 aromatic rings. The van der Waals surface area contributed by atoms with Crippen molar-refractivity contribution in [3.63, 3.8) is 0 Å². The summed E-state index contributed by atoms with van der Waals surface area (Å²) < 4.78 is 39.2. The standard InChI is InChI=1S/C29H35N2O9PS/c1-18(26(34)38-20-10-4-5-11-20)17-41(36,40-22-13-7-9-19-8-3-6-12-21(19)22)37-16-23-25(33)29(2,35)27(39-23)31-15-14-24(32)30-28(31)42/h3,6-9,12-15,18,20,23,25,27,33,35H,4-5,10-11,16-17H2,1-2H3,(H,30,32,42)/t18-,23-,25+,27-,29?,41?/m1/s1. The minimum absolute atomic E-state index is 0.0129. The van der Waals surface area contributed by atoms with E-state index < -0.39 is 55.7 Å². The van der Waals surface area contributed by atoms with Gasteiger partial charge in [0.1, 0.15) is 29.7 Å². The number of rotatable bonds is 10. The van der Waals surface area contributed by atoms with Crippen LogP contribution in [0.25, 0.3) is 10.8 Å². The molecule has 1 aromatic heterocycles. The number of aliphatic hydroxyl groups excluding tert-OH is 1. The molecule has 2 fully saturated rings. The molecule has 2 unspecified atom stereocenters. The molecule has 5 rings (SSSR count). The van der Waals surface area contributed by atoms with Gasteiger partial charge in [0.15, 0.2) is 11.0 Å². The highest BCUT2D eigenvalue weighted by molar-refractivity contribution is 7.71. The van der Waals surface area contributed by atoms with Gasteiger partial charge in [-0.15, -0.1) is 0 Å². The van der Waals surface area contributed by atoms with Crippen LogP contribution in [-0.2, 0) is 23.4 Å². The second-order valence-electron chi connectivity index (χ2n) is 11.1. The summed E-state index contributed by atoms with van der Waals surface area (Å²) in [7, 11) is -4.08. The van der Waals surface area contributed by atoms with E-state index in [9.17, 15) is 24.4 Å². The van der Waals surface area contributed by atoms with E-state index in [4.69, 9.17) is 30.7 Å². The third kappa shape index (κ3) is 6.54. The monoisotopic (exact) mass is 618 g/mol. The van der Waals surface area contributed by atoms with Crippen molar-refractivity contribution < 1.29 is 38.1 Å². The molecule has 11 nitrogen and oxygen atoms in total. The number of aromatic nitrogens is 2. The number of carbonyl (C=O) groups is 1. The summed E-state index contributed by atoms with van der Waals surface area (Å²) in [5.41, 5.74) is -2.27. The molecule has 3 N–H and O–H groups in total. The van der Waals surface area contributed by atoms with Gasteiger partial charge in [0.2, 0.25) is 0 Å². The fourth-order valence-electron chi connectivity index (χ4n) is 5.41. The lowest BCUT2D eigenvalue weighted by Gasteiger charge is -2.28. The van der Waals surface area contributed by atoms with Gasteiger partial charge in [0.25, 0.3) is 5.56 Å². The summed E-state index contributed by atoms with van der Waals surface area (Å²) in [5.74, 6) is -0.985. The van der Waals surface area contributed by atoms with E-state index >= 15 is 0 Å². The number of aliphatic hydroxyl groups is 2. The molecule has 226 valence electrons. The third-order valence-corrected chi connectivity index (χ3v) is 10.1. The lowest BCUT2D eigenvalue weighted by atomic mass is 9.96. The summed E-state index contributed by atoms with van der Waals surface area (Å²) >= 11 is 5.21. The average Bonchev–Trinajstić information content (AvgIpc) is 3.54. The molecular formula is C29H35N2O9PS. The summed E-state index contributed by atoms with van der Waals surface area (Å²) in [6, 6.07) is 14.0. The van der Waals surface area contributed by atoms with E-state index in [-0.39, 0.29) is 17.0 Å². The Kier molecular flexibility index (Phi) is 9.03. The van der Waals surface area contributed by atoms with Crippen LogP contribution in [0.5, 0.6) is 5.75 Å². The van der Waals surface area contributed by atoms with Crippen molar-refractivity contribution in [1.29, 1.82) is 0 Å². The second kappa shape index (κ2) is 12.4. The van der Waals surface area contributed by atoms with Gasteiger partial charge in [-0.1, -0.05) is 43.3 Å². The second-order valence-corrected chi connectivity index (χ2v) is 13.5. The number of nitrogens with zero attached hydrogens (tertiary/aromatic N) is 1. The number of nitrogens with one attached hydrogen (secondary N) is 1. The Morgan fingerprint density at radius 2 is 1.93 bits per heavy atom. The van der Waals surface area contributed by atoms with Gasteiger partial charge in [-0.3, -0.25) is 23.7 Å². The normalized spacial score (nSPS) is 26.6. The van der Waals surface area contributed by atoms with Crippen LogP contribution in [-0.4, -0.2) is 62.4 Å². The topological polar surface area (TPSA) is 149 Å². The Hall–Kier alpha value is -2.86. The van der Waals surface area contributed by atoms with Crippen LogP contribution in [0.4, 0.5) is 0 Å². The number of hydrogen-bond donors (Lipinski definition) is 3. The Balaban J connectivity index is 1.38. The van der Waals surface area contributed by atoms with E-state index in [0.29, 0.717) is 11.1 Å². The summed E-state index contributed by atoms with van der Waals surface area (Å²) in [6.45, 7) is 2.54. The van der Waals surface area contributed by atoms with E-state index in [1.807, 2.05) is 30.3 Å². The Bertz CT molecular complexity index is 1590. The van der Waals surface area contributed by atoms with Crippen LogP contribution >= 0.6 is 19.8 Å². The molecule has 1 saturated carbocycles. The van der Waals surface area contributed by atoms with Gasteiger partial charge in [0, 0.05) is 17.6 Å². The number of benzene rings is 2. The van der Waals surface area contributed by atoms with Gasteiger partial charge < -0.3 is 24.2 Å². The first-order valence-electron chi connectivity index (χ1n) is 14.0. The summed E-state index contributed by atoms with van der Waals surface area (Å²) in [6.07, 6.45) is 0.707. The SMILES string of the molecule is C[C@H](CP(=O)(OC[C@H]1O[C@@H](n2ccc(=O)[nH]c2=S)C(C)(O)[C@H]1O)Oc1cccc2ccccc12)C(=O)OC1CCCC1. The van der Waals surface area contributed by atoms with Crippen LogP contribution < -0.4 is 10.1 Å². The first kappa shape index (κ1) is 30.6. The number of H-pyrrole nitrogens is 1. The van der Waals surface area contributed by atoms with Gasteiger partial charge in [-0.05, 0) is 56.3 Å². The van der Waals surface area contributed by atoms with Crippen LogP contribution in [0.15, 0.2) is 59.5 Å². The molecule has 0 bridgehead atoms. The van der Waals surface area contributed by atoms with Crippen LogP contribution in [0.3, 0.4) is 0 Å². The first-order chi connectivity index (χ1) is 20.0. The van der Waals surface area contributed by atoms with E-state index in [1.165, 1.54) is 23.8 Å². The highest BCUT2D eigenvalue weighted by atomic mass is 32.1. The molecule has 1 aliphatic heterocycles. The number of aromatic amines is 1. The Morgan fingerprint density at radius 3 is 2.67 bits per heavy atom. The molecule has 2 heterocycles. The lowest BCUT2D eigenvalue weighted by Crippen LogP contribution is -2.44. The Labute approximate surface area is 247 Å². The zero-order valence-electron chi connectivity index (χ0n) is 23.4. The largest absolute Gasteiger partial charge is 0.462 e. The fourth-order valence-corrected chi connectivity index (χ4v) is 7.56. The molecule has 0 amide bonds. The van der Waals surface area contributed by atoms with Crippen molar-refractivity contribution in [1.82, 2.24) is 9.55 Å². The predicted octanol–water partition coefficient (Wildman–Crippen LogP) is 4.48. The lowest BCUT2D eigenvalue weighted by molar-refractivity contribution is -0.152. The van der Waals surface area contributed by atoms with Crippen molar-refractivity contribution in [3.8, 4) is 5.75 Å². The molecule has 13 heteroatoms. The van der Waals surface area contributed by atoms with Crippen molar-refractivity contribution in [2.75, 3.05) is 12.8 Å². The molecule has 2 aliphatic rings. The molecule has 0 spiro atoms. The minimum atomic E-state index is -4.08. The van der Waals surface area contributed by atoms with E-state index in [0.717, 1.165) is 31.1 Å². The fraction of sp³-hybridized carbons (Fsp3) is 0.483. The summed E-state index contributed by atoms with van der Waals surface area (Å²) in [4.78, 5) is 27.0. The molecule has 1 aliphatic carbocycles. The van der Waals surface area contributed by atoms with Crippen molar-refractivity contribution in [2.24, 2.45) is 5.92 Å². The maximum Gasteiger partial charge on any atom is 0.380 e. The number of ether oxygens (including phenoxy) is 2. The number of esters is 1. The molecular weight excluding hydrogens is 583 g/mol. The molecule has 6 atom stereocenters. The number of fused-ring (bicyclic) bond motifs is 1. The first-order valence-corrected chi connectivity index (χ1v) is 16.1. The summed E-state index contributed by atoms with van der Waals surface area (Å²) in [5, 5.41) is 23.7. The number of carbonyl (C=O) groups excluding carboxylic acids is 1. The predicted molar refractivity (Wildman–Crippen MR) is 157 cm³/mol. The van der Waals surface area contributed by atoms with Gasteiger partial charge in [0.05, 0.1) is 18.7 Å². The zero-order valence-corrected chi connectivity index (χ0v) is 25.1. The van der Waals surface area contributed by atoms with Crippen LogP contribution in [0.1, 0.15) is 45.8 Å². The van der Waals surface area contributed by atoms with E-state index in [2.05, 4.69) is 4.98 Å². The van der Waals surface area contributed by atoms with Gasteiger partial charge >= 0.3 is 13.6 Å².